The zero-order valence-corrected chi connectivity index (χ0v) is 19.7. The van der Waals surface area contributed by atoms with Crippen LogP contribution in [-0.4, -0.2) is 11.7 Å². The molecule has 1 aliphatic heterocycles. The van der Waals surface area contributed by atoms with Crippen molar-refractivity contribution in [3.8, 4) is 0 Å². The van der Waals surface area contributed by atoms with Crippen LogP contribution in [0.15, 0.2) is 84.1 Å². The first kappa shape index (κ1) is 22.4. The van der Waals surface area contributed by atoms with Crippen molar-refractivity contribution < 1.29 is 14.0 Å². The average molecular weight is 475 g/mol. The highest BCUT2D eigenvalue weighted by Gasteiger charge is 2.43. The molecule has 1 N–H and O–H groups in total. The summed E-state index contributed by atoms with van der Waals surface area (Å²) in [7, 11) is 0. The molecule has 1 atom stereocenters. The van der Waals surface area contributed by atoms with Crippen molar-refractivity contribution in [2.24, 2.45) is 5.41 Å². The normalized spacial score (nSPS) is 19.1. The number of benzene rings is 3. The molecule has 0 fully saturated rings. The summed E-state index contributed by atoms with van der Waals surface area (Å²) in [6.45, 7) is 4.13. The first-order valence-electron chi connectivity index (χ1n) is 11.2. The fourth-order valence-corrected chi connectivity index (χ4v) is 5.03. The van der Waals surface area contributed by atoms with Crippen LogP contribution in [0.25, 0.3) is 0 Å². The highest BCUT2D eigenvalue weighted by molar-refractivity contribution is 6.30. The number of nitrogens with zero attached hydrogens (tertiary/aromatic N) is 1. The number of fused-ring (bicyclic) bond motifs is 1. The molecular formula is C28H24ClFN2O2. The number of halogens is 2. The molecule has 3 aromatic rings. The highest BCUT2D eigenvalue weighted by Crippen LogP contribution is 2.48. The quantitative estimate of drug-likeness (QED) is 0.437. The molecule has 1 heterocycles. The van der Waals surface area contributed by atoms with Crippen LogP contribution in [0.2, 0.25) is 5.02 Å². The van der Waals surface area contributed by atoms with E-state index in [2.05, 4.69) is 19.2 Å². The number of carbonyl (C=O) groups is 2. The Balaban J connectivity index is 1.78. The third-order valence-electron chi connectivity index (χ3n) is 6.40. The number of anilines is 2. The minimum Gasteiger partial charge on any atom is -0.357 e. The Hall–Kier alpha value is -3.44. The maximum absolute atomic E-state index is 14.0. The minimum absolute atomic E-state index is 0.0187. The van der Waals surface area contributed by atoms with Gasteiger partial charge < -0.3 is 5.32 Å². The van der Waals surface area contributed by atoms with Crippen molar-refractivity contribution >= 4 is 34.7 Å². The topological polar surface area (TPSA) is 49.4 Å². The first-order chi connectivity index (χ1) is 16.2. The van der Waals surface area contributed by atoms with E-state index in [9.17, 15) is 14.0 Å². The summed E-state index contributed by atoms with van der Waals surface area (Å²) in [5, 5.41) is 4.00. The van der Waals surface area contributed by atoms with Crippen LogP contribution < -0.4 is 10.2 Å². The second-order valence-electron chi connectivity index (χ2n) is 9.61. The molecule has 0 unspecified atom stereocenters. The lowest BCUT2D eigenvalue weighted by Crippen LogP contribution is -2.39. The zero-order chi connectivity index (χ0) is 24.0. The molecule has 0 saturated heterocycles. The lowest BCUT2D eigenvalue weighted by molar-refractivity contribution is -0.118. The number of hydrogen-bond donors (Lipinski definition) is 1. The van der Waals surface area contributed by atoms with E-state index in [0.29, 0.717) is 40.3 Å². The van der Waals surface area contributed by atoms with Gasteiger partial charge in [0.2, 0.25) is 0 Å². The van der Waals surface area contributed by atoms with Crippen molar-refractivity contribution in [3.05, 3.63) is 106 Å². The highest BCUT2D eigenvalue weighted by atomic mass is 35.5. The van der Waals surface area contributed by atoms with E-state index in [1.807, 2.05) is 24.3 Å². The standard InChI is InChI=1S/C28H24ClFN2O2/c1-28(2)15-22-25(24(33)16-28)26(17-9-13-20(30)14-10-17)32(23-6-4-3-5-21(23)31-22)27(34)18-7-11-19(29)12-8-18/h3-14,26,31H,15-16H2,1-2H3/t26-/m0/s1. The van der Waals surface area contributed by atoms with Crippen LogP contribution in [0.5, 0.6) is 0 Å². The summed E-state index contributed by atoms with van der Waals surface area (Å²) >= 11 is 6.06. The Labute approximate surface area is 203 Å². The molecule has 0 radical (unpaired) electrons. The van der Waals surface area contributed by atoms with Gasteiger partial charge in [0.1, 0.15) is 5.82 Å². The molecule has 34 heavy (non-hydrogen) atoms. The van der Waals surface area contributed by atoms with Gasteiger partial charge in [-0.1, -0.05) is 49.7 Å². The minimum atomic E-state index is -0.710. The average Bonchev–Trinajstić information content (AvgIpc) is 2.93. The van der Waals surface area contributed by atoms with Gasteiger partial charge in [-0.15, -0.1) is 0 Å². The number of amides is 1. The van der Waals surface area contributed by atoms with Crippen molar-refractivity contribution in [2.45, 2.75) is 32.7 Å². The Kier molecular flexibility index (Phi) is 5.53. The number of ketones is 1. The summed E-state index contributed by atoms with van der Waals surface area (Å²) in [6.07, 6.45) is 1.02. The zero-order valence-electron chi connectivity index (χ0n) is 18.9. The molecule has 6 heteroatoms. The predicted molar refractivity (Wildman–Crippen MR) is 133 cm³/mol. The number of Topliss-reactive ketones (excluding diaryl/α,β-unsaturated/α-hetero) is 1. The van der Waals surface area contributed by atoms with Gasteiger partial charge in [-0.2, -0.15) is 0 Å². The van der Waals surface area contributed by atoms with Gasteiger partial charge >= 0.3 is 0 Å². The SMILES string of the molecule is CC1(C)CC(=O)C2=C(C1)Nc1ccccc1N(C(=O)c1ccc(Cl)cc1)[C@H]2c1ccc(F)cc1. The number of carbonyl (C=O) groups excluding carboxylic acids is 2. The van der Waals surface area contributed by atoms with E-state index in [1.165, 1.54) is 12.1 Å². The molecule has 0 bridgehead atoms. The van der Waals surface area contributed by atoms with E-state index < -0.39 is 6.04 Å². The molecule has 5 rings (SSSR count). The van der Waals surface area contributed by atoms with Crippen LogP contribution in [0.4, 0.5) is 15.8 Å². The van der Waals surface area contributed by atoms with Crippen molar-refractivity contribution in [1.82, 2.24) is 0 Å². The summed E-state index contributed by atoms with van der Waals surface area (Å²) < 4.78 is 13.9. The molecular weight excluding hydrogens is 451 g/mol. The number of hydrogen-bond acceptors (Lipinski definition) is 3. The molecule has 0 spiro atoms. The molecule has 2 aliphatic rings. The molecule has 1 amide bonds. The molecule has 1 aliphatic carbocycles. The van der Waals surface area contributed by atoms with E-state index in [4.69, 9.17) is 11.6 Å². The van der Waals surface area contributed by atoms with Crippen LogP contribution in [0.1, 0.15) is 48.7 Å². The van der Waals surface area contributed by atoms with Gasteiger partial charge in [0, 0.05) is 28.3 Å². The van der Waals surface area contributed by atoms with Gasteiger partial charge in [-0.25, -0.2) is 4.39 Å². The third kappa shape index (κ3) is 4.01. The van der Waals surface area contributed by atoms with E-state index >= 15 is 0 Å². The Morgan fingerprint density at radius 2 is 1.68 bits per heavy atom. The second kappa shape index (κ2) is 8.41. The number of para-hydroxylation sites is 2. The summed E-state index contributed by atoms with van der Waals surface area (Å²) in [5.41, 5.74) is 3.63. The fourth-order valence-electron chi connectivity index (χ4n) is 4.90. The van der Waals surface area contributed by atoms with Crippen molar-refractivity contribution in [3.63, 3.8) is 0 Å². The molecule has 3 aromatic carbocycles. The van der Waals surface area contributed by atoms with Gasteiger partial charge in [0.05, 0.1) is 17.4 Å². The van der Waals surface area contributed by atoms with Crippen LogP contribution in [0.3, 0.4) is 0 Å². The fraction of sp³-hybridized carbons (Fsp3) is 0.214. The summed E-state index contributed by atoms with van der Waals surface area (Å²) in [6, 6.07) is 19.5. The Morgan fingerprint density at radius 1 is 1.00 bits per heavy atom. The largest absolute Gasteiger partial charge is 0.357 e. The summed E-state index contributed by atoms with van der Waals surface area (Å²) in [4.78, 5) is 29.3. The lowest BCUT2D eigenvalue weighted by atomic mass is 9.73. The monoisotopic (exact) mass is 474 g/mol. The van der Waals surface area contributed by atoms with Crippen molar-refractivity contribution in [2.75, 3.05) is 10.2 Å². The van der Waals surface area contributed by atoms with E-state index in [-0.39, 0.29) is 22.9 Å². The predicted octanol–water partition coefficient (Wildman–Crippen LogP) is 6.94. The number of allylic oxidation sites excluding steroid dienone is 1. The van der Waals surface area contributed by atoms with Crippen LogP contribution >= 0.6 is 11.6 Å². The van der Waals surface area contributed by atoms with Gasteiger partial charge in [-0.3, -0.25) is 14.5 Å². The van der Waals surface area contributed by atoms with Crippen LogP contribution in [-0.2, 0) is 4.79 Å². The van der Waals surface area contributed by atoms with Gasteiger partial charge in [0.15, 0.2) is 5.78 Å². The molecule has 172 valence electrons. The van der Waals surface area contributed by atoms with Gasteiger partial charge in [0.25, 0.3) is 5.91 Å². The van der Waals surface area contributed by atoms with E-state index in [0.717, 1.165) is 11.4 Å². The van der Waals surface area contributed by atoms with Crippen molar-refractivity contribution in [1.29, 1.82) is 0 Å². The second-order valence-corrected chi connectivity index (χ2v) is 10.0. The maximum atomic E-state index is 14.0. The van der Waals surface area contributed by atoms with E-state index in [1.54, 1.807) is 41.3 Å². The Morgan fingerprint density at radius 3 is 2.38 bits per heavy atom. The first-order valence-corrected chi connectivity index (χ1v) is 11.6. The summed E-state index contributed by atoms with van der Waals surface area (Å²) in [5.74, 6) is -0.668. The van der Waals surface area contributed by atoms with Crippen LogP contribution in [0, 0.1) is 11.2 Å². The molecule has 0 saturated carbocycles. The Bertz CT molecular complexity index is 1310. The molecule has 0 aromatic heterocycles. The number of nitrogens with one attached hydrogen (secondary N) is 1. The third-order valence-corrected chi connectivity index (χ3v) is 6.65. The van der Waals surface area contributed by atoms with Gasteiger partial charge in [-0.05, 0) is 65.9 Å². The lowest BCUT2D eigenvalue weighted by Gasteiger charge is -2.37. The smallest absolute Gasteiger partial charge is 0.259 e. The molecule has 4 nitrogen and oxygen atoms in total. The maximum Gasteiger partial charge on any atom is 0.259 e. The number of rotatable bonds is 2.